The number of carbonyl (C=O) groups excluding carboxylic acids is 2. The van der Waals surface area contributed by atoms with Crippen molar-refractivity contribution in [3.8, 4) is 0 Å². The van der Waals surface area contributed by atoms with E-state index < -0.39 is 6.04 Å². The fourth-order valence-corrected chi connectivity index (χ4v) is 2.93. The van der Waals surface area contributed by atoms with E-state index in [1.54, 1.807) is 30.0 Å². The van der Waals surface area contributed by atoms with Gasteiger partial charge in [-0.3, -0.25) is 9.59 Å². The zero-order valence-electron chi connectivity index (χ0n) is 12.1. The van der Waals surface area contributed by atoms with Crippen LogP contribution in [0.3, 0.4) is 0 Å². The second-order valence-electron chi connectivity index (χ2n) is 4.50. The summed E-state index contributed by atoms with van der Waals surface area (Å²) < 4.78 is 0. The van der Waals surface area contributed by atoms with Crippen molar-refractivity contribution in [2.24, 2.45) is 0 Å². The quantitative estimate of drug-likeness (QED) is 0.775. The van der Waals surface area contributed by atoms with Gasteiger partial charge in [0, 0.05) is 11.3 Å². The zero-order chi connectivity index (χ0) is 15.0. The molecular formula is C14H22N2O2S2. The van der Waals surface area contributed by atoms with Crippen LogP contribution in [0.5, 0.6) is 0 Å². The van der Waals surface area contributed by atoms with Crippen molar-refractivity contribution in [2.75, 3.05) is 12.0 Å². The first-order valence-corrected chi connectivity index (χ1v) is 8.97. The van der Waals surface area contributed by atoms with Gasteiger partial charge in [0.05, 0.1) is 6.04 Å². The third kappa shape index (κ3) is 5.54. The maximum absolute atomic E-state index is 12.3. The van der Waals surface area contributed by atoms with Crippen LogP contribution in [0, 0.1) is 0 Å². The third-order valence-corrected chi connectivity index (χ3v) is 4.61. The number of thioether (sulfide) groups is 1. The van der Waals surface area contributed by atoms with Gasteiger partial charge >= 0.3 is 0 Å². The normalized spacial score (nSPS) is 13.6. The van der Waals surface area contributed by atoms with Gasteiger partial charge in [0.2, 0.25) is 11.8 Å². The number of amides is 2. The molecule has 0 fully saturated rings. The van der Waals surface area contributed by atoms with Gasteiger partial charge in [-0.15, -0.1) is 11.3 Å². The summed E-state index contributed by atoms with van der Waals surface area (Å²) >= 11 is 3.28. The van der Waals surface area contributed by atoms with E-state index >= 15 is 0 Å². The number of thiophene rings is 1. The van der Waals surface area contributed by atoms with E-state index in [1.807, 2.05) is 30.7 Å². The summed E-state index contributed by atoms with van der Waals surface area (Å²) in [6, 6.07) is 3.49. The van der Waals surface area contributed by atoms with Crippen LogP contribution < -0.4 is 10.6 Å². The summed E-state index contributed by atoms with van der Waals surface area (Å²) in [5.74, 6) is 0.645. The fourth-order valence-electron chi connectivity index (χ4n) is 1.72. The van der Waals surface area contributed by atoms with E-state index in [1.165, 1.54) is 0 Å². The topological polar surface area (TPSA) is 58.2 Å². The molecule has 0 saturated carbocycles. The zero-order valence-corrected chi connectivity index (χ0v) is 13.8. The minimum absolute atomic E-state index is 0.0298. The average molecular weight is 314 g/mol. The summed E-state index contributed by atoms with van der Waals surface area (Å²) in [4.78, 5) is 24.9. The predicted molar refractivity (Wildman–Crippen MR) is 86.1 cm³/mol. The molecule has 2 amide bonds. The Balaban J connectivity index is 2.59. The Morgan fingerprint density at radius 3 is 2.70 bits per heavy atom. The molecule has 0 aromatic carbocycles. The molecule has 112 valence electrons. The highest BCUT2D eigenvalue weighted by molar-refractivity contribution is 7.98. The summed E-state index contributed by atoms with van der Waals surface area (Å²) in [5, 5.41) is 7.75. The van der Waals surface area contributed by atoms with Crippen LogP contribution in [0.4, 0.5) is 0 Å². The van der Waals surface area contributed by atoms with Crippen LogP contribution in [0.1, 0.15) is 37.6 Å². The molecule has 0 aliphatic carbocycles. The molecule has 4 nitrogen and oxygen atoms in total. The fraction of sp³-hybridized carbons (Fsp3) is 0.571. The molecule has 0 aliphatic rings. The van der Waals surface area contributed by atoms with Crippen LogP contribution in [-0.4, -0.2) is 29.9 Å². The molecular weight excluding hydrogens is 292 g/mol. The highest BCUT2D eigenvalue weighted by atomic mass is 32.2. The second-order valence-corrected chi connectivity index (χ2v) is 6.47. The minimum atomic E-state index is -0.447. The van der Waals surface area contributed by atoms with Crippen molar-refractivity contribution >= 4 is 34.9 Å². The number of hydrogen-bond donors (Lipinski definition) is 2. The summed E-state index contributed by atoms with van der Waals surface area (Å²) in [7, 11) is 0. The number of carbonyl (C=O) groups is 2. The van der Waals surface area contributed by atoms with E-state index in [0.29, 0.717) is 12.8 Å². The Bertz CT molecular complexity index is 421. The van der Waals surface area contributed by atoms with Crippen molar-refractivity contribution in [3.05, 3.63) is 22.4 Å². The Labute approximate surface area is 128 Å². The van der Waals surface area contributed by atoms with E-state index in [9.17, 15) is 9.59 Å². The lowest BCUT2D eigenvalue weighted by Crippen LogP contribution is -2.47. The van der Waals surface area contributed by atoms with Crippen molar-refractivity contribution in [1.29, 1.82) is 0 Å². The molecule has 1 aromatic rings. The summed E-state index contributed by atoms with van der Waals surface area (Å²) in [5.41, 5.74) is 0. The largest absolute Gasteiger partial charge is 0.347 e. The van der Waals surface area contributed by atoms with Gasteiger partial charge in [-0.2, -0.15) is 11.8 Å². The number of rotatable bonds is 8. The van der Waals surface area contributed by atoms with Gasteiger partial charge in [0.25, 0.3) is 0 Å². The number of hydrogen-bond acceptors (Lipinski definition) is 4. The molecule has 1 heterocycles. The smallest absolute Gasteiger partial charge is 0.243 e. The third-order valence-electron chi connectivity index (χ3n) is 2.91. The Morgan fingerprint density at radius 1 is 1.40 bits per heavy atom. The predicted octanol–water partition coefficient (Wildman–Crippen LogP) is 2.57. The van der Waals surface area contributed by atoms with E-state index in [0.717, 1.165) is 10.6 Å². The van der Waals surface area contributed by atoms with Crippen molar-refractivity contribution in [2.45, 2.75) is 38.8 Å². The highest BCUT2D eigenvalue weighted by Crippen LogP contribution is 2.18. The first-order chi connectivity index (χ1) is 9.58. The van der Waals surface area contributed by atoms with Crippen LogP contribution >= 0.6 is 23.1 Å². The van der Waals surface area contributed by atoms with Crippen molar-refractivity contribution in [3.63, 3.8) is 0 Å². The van der Waals surface area contributed by atoms with Crippen LogP contribution in [0.15, 0.2) is 17.5 Å². The maximum atomic E-state index is 12.3. The van der Waals surface area contributed by atoms with Gasteiger partial charge in [0.15, 0.2) is 0 Å². The van der Waals surface area contributed by atoms with E-state index in [2.05, 4.69) is 10.6 Å². The first-order valence-electron chi connectivity index (χ1n) is 6.70. The molecule has 0 aliphatic heterocycles. The molecule has 2 atom stereocenters. The Morgan fingerprint density at radius 2 is 2.15 bits per heavy atom. The highest BCUT2D eigenvalue weighted by Gasteiger charge is 2.21. The first kappa shape index (κ1) is 17.0. The molecule has 2 unspecified atom stereocenters. The lowest BCUT2D eigenvalue weighted by atomic mass is 10.1. The van der Waals surface area contributed by atoms with Gasteiger partial charge in [0.1, 0.15) is 6.04 Å². The molecule has 20 heavy (non-hydrogen) atoms. The maximum Gasteiger partial charge on any atom is 0.243 e. The number of nitrogens with one attached hydrogen (secondary N) is 2. The van der Waals surface area contributed by atoms with E-state index in [4.69, 9.17) is 0 Å². The molecule has 6 heteroatoms. The van der Waals surface area contributed by atoms with Crippen LogP contribution in [0.25, 0.3) is 0 Å². The average Bonchev–Trinajstić information content (AvgIpc) is 2.97. The molecule has 1 rings (SSSR count). The van der Waals surface area contributed by atoms with E-state index in [-0.39, 0.29) is 17.9 Å². The van der Waals surface area contributed by atoms with Crippen LogP contribution in [0.2, 0.25) is 0 Å². The Kier molecular flexibility index (Phi) is 7.69. The lowest BCUT2D eigenvalue weighted by molar-refractivity contribution is -0.129. The van der Waals surface area contributed by atoms with Crippen LogP contribution in [-0.2, 0) is 9.59 Å². The second kappa shape index (κ2) is 9.02. The van der Waals surface area contributed by atoms with Crippen molar-refractivity contribution < 1.29 is 9.59 Å². The summed E-state index contributed by atoms with van der Waals surface area (Å²) in [6.45, 7) is 3.74. The van der Waals surface area contributed by atoms with Gasteiger partial charge in [-0.1, -0.05) is 13.0 Å². The molecule has 0 bridgehead atoms. The molecule has 0 spiro atoms. The summed E-state index contributed by atoms with van der Waals surface area (Å²) in [6.07, 6.45) is 3.03. The molecule has 0 radical (unpaired) electrons. The molecule has 2 N–H and O–H groups in total. The standard InChI is InChI=1S/C14H22N2O2S2/c1-4-13(17)16-11(7-9-19-3)14(18)15-10(2)12-6-5-8-20-12/h5-6,8,10-11H,4,7,9H2,1-3H3,(H,15,18)(H,16,17). The lowest BCUT2D eigenvalue weighted by Gasteiger charge is -2.20. The van der Waals surface area contributed by atoms with Gasteiger partial charge in [-0.05, 0) is 36.8 Å². The van der Waals surface area contributed by atoms with Crippen molar-refractivity contribution in [1.82, 2.24) is 10.6 Å². The SMILES string of the molecule is CCC(=O)NC(CCSC)C(=O)NC(C)c1cccs1. The molecule has 1 aromatic heterocycles. The monoisotopic (exact) mass is 314 g/mol. The Hall–Kier alpha value is -1.01. The van der Waals surface area contributed by atoms with Gasteiger partial charge < -0.3 is 10.6 Å². The molecule has 0 saturated heterocycles. The van der Waals surface area contributed by atoms with Gasteiger partial charge in [-0.25, -0.2) is 0 Å². The minimum Gasteiger partial charge on any atom is -0.347 e.